The Morgan fingerprint density at radius 2 is 0.918 bits per heavy atom. The predicted octanol–water partition coefficient (Wildman–Crippen LogP) is 8.32. The van der Waals surface area contributed by atoms with Gasteiger partial charge in [0.2, 0.25) is 11.8 Å². The third-order valence-corrected chi connectivity index (χ3v) is 6.07. The van der Waals surface area contributed by atoms with Crippen LogP contribution in [0.5, 0.6) is 0 Å². The Morgan fingerprint density at radius 1 is 0.541 bits per heavy atom. The summed E-state index contributed by atoms with van der Waals surface area (Å²) in [6.07, 6.45) is 4.27. The van der Waals surface area contributed by atoms with Gasteiger partial charge < -0.3 is 41.2 Å². The molecule has 6 N–H and O–H groups in total. The number of rotatable bonds is 18. The zero-order valence-corrected chi connectivity index (χ0v) is 43.4. The van der Waals surface area contributed by atoms with Crippen molar-refractivity contribution in [1.29, 1.82) is 0 Å². The third kappa shape index (κ3) is 48.6. The first-order chi connectivity index (χ1) is 28.9. The number of carbonyl (C=O) groups excluding carboxylic acids is 5. The molecule has 4 aromatic carbocycles. The first-order valence-corrected chi connectivity index (χ1v) is 20.3. The second kappa shape index (κ2) is 58.1. The molecular weight excluding hydrogens is 1110 g/mol. The minimum absolute atomic E-state index is 0. The molecule has 0 aromatic heterocycles. The molecule has 0 spiro atoms. The molecule has 61 heavy (non-hydrogen) atoms. The Kier molecular flexibility index (Phi) is 65.5. The number of Topliss-reactive ketones (excluding diaryl/α,β-unsaturated/α-hetero) is 1. The van der Waals surface area contributed by atoms with Crippen molar-refractivity contribution < 1.29 is 75.6 Å². The molecule has 0 radical (unpaired) electrons. The van der Waals surface area contributed by atoms with Gasteiger partial charge in [-0.1, -0.05) is 90.8 Å². The maximum Gasteiger partial charge on any atom is 2.00 e. The first kappa shape index (κ1) is 68.8. The average Bonchev–Trinajstić information content (AvgIpc) is 3.29. The van der Waals surface area contributed by atoms with Crippen molar-refractivity contribution in [3.63, 3.8) is 0 Å². The first-order valence-electron chi connectivity index (χ1n) is 20.3. The van der Waals surface area contributed by atoms with Gasteiger partial charge >= 0.3 is 42.1 Å². The van der Waals surface area contributed by atoms with Crippen LogP contribution in [-0.4, -0.2) is 69.7 Å². The van der Waals surface area contributed by atoms with Crippen LogP contribution in [-0.2, 0) is 88.4 Å². The van der Waals surface area contributed by atoms with Crippen molar-refractivity contribution >= 4 is 41.5 Å². The molecule has 0 aliphatic carbocycles. The molecule has 0 aliphatic heterocycles. The number of ether oxygens (including phenoxy) is 2. The van der Waals surface area contributed by atoms with E-state index in [-0.39, 0.29) is 98.4 Å². The minimum Gasteiger partial charge on any atom is -0.541 e. The molecular formula is C48H70N4O7W2. The molecule has 4 aromatic rings. The number of anilines is 2. The van der Waals surface area contributed by atoms with Crippen LogP contribution < -0.4 is 22.1 Å². The van der Waals surface area contributed by atoms with Gasteiger partial charge in [0.25, 0.3) is 0 Å². The Morgan fingerprint density at radius 3 is 1.25 bits per heavy atom. The molecule has 0 fully saturated rings. The molecule has 0 unspecified atom stereocenters. The van der Waals surface area contributed by atoms with Crippen LogP contribution in [0.4, 0.5) is 11.4 Å². The minimum atomic E-state index is -0.383. The number of amides is 2. The van der Waals surface area contributed by atoms with E-state index in [2.05, 4.69) is 22.8 Å². The van der Waals surface area contributed by atoms with Crippen molar-refractivity contribution in [3.05, 3.63) is 132 Å². The maximum absolute atomic E-state index is 11.7. The molecule has 0 bridgehead atoms. The van der Waals surface area contributed by atoms with E-state index in [0.717, 1.165) is 11.1 Å². The van der Waals surface area contributed by atoms with Gasteiger partial charge in [0.15, 0.2) is 0 Å². The zero-order valence-electron chi connectivity index (χ0n) is 37.5. The summed E-state index contributed by atoms with van der Waals surface area (Å²) in [7, 11) is 0. The third-order valence-electron chi connectivity index (χ3n) is 6.07. The number of hydrogen-bond donors (Lipinski definition) is 4. The van der Waals surface area contributed by atoms with Gasteiger partial charge in [0, 0.05) is 30.9 Å². The standard InChI is InChI=1S/C15H19N2O4.C13H17N2O3.2C6H5.4C2H6.2W/c16-6-9-21-8-5-14(19)11-15(20)17-13-3-1-2-12(10-13)4-7-18;14-6-9-18-8-5-13(17)15-12-3-1-2-11(10-12)4-7-16;2*1-2-4-6-5-3-1;4*1-2;;/h1-3,10H,4-6,8-9,11,16H2,(H,17,20);1-3,10H,4-6,8-9,14H2,(H,15,17);2*1-5H;4*1-2H3;;/q4*-1;;;;;2*+2. The van der Waals surface area contributed by atoms with Crippen molar-refractivity contribution in [2.24, 2.45) is 11.5 Å². The number of nitrogens with two attached hydrogens (primary N) is 2. The number of nitrogens with one attached hydrogen (secondary N) is 2. The SMILES string of the molecule is CC.CC.CC.CC.NCCOCCC(=O)CC(=O)Nc1cccc(C[C-]=O)c1.NCCOCCC(=O)Nc1cccc(C[C-]=O)c1.[W+2].[W+2].[c-]1ccccc1.[c-]1ccccc1. The monoisotopic (exact) mass is 1180 g/mol. The van der Waals surface area contributed by atoms with Crippen LogP contribution in [0.15, 0.2) is 109 Å². The summed E-state index contributed by atoms with van der Waals surface area (Å²) >= 11 is 0. The van der Waals surface area contributed by atoms with Crippen molar-refractivity contribution in [2.45, 2.75) is 87.5 Å². The summed E-state index contributed by atoms with van der Waals surface area (Å²) in [5, 5.41) is 5.36. The summed E-state index contributed by atoms with van der Waals surface area (Å²) in [4.78, 5) is 55.4. The number of hydrogen-bond acceptors (Lipinski definition) is 9. The molecule has 11 nitrogen and oxygen atoms in total. The predicted molar refractivity (Wildman–Crippen MR) is 243 cm³/mol. The number of ketones is 1. The molecule has 0 atom stereocenters. The molecule has 0 heterocycles. The average molecular weight is 1180 g/mol. The van der Waals surface area contributed by atoms with Gasteiger partial charge in [0.1, 0.15) is 5.78 Å². The molecule has 0 saturated carbocycles. The molecule has 0 aliphatic rings. The fourth-order valence-corrected chi connectivity index (χ4v) is 3.79. The molecule has 2 amide bonds. The van der Waals surface area contributed by atoms with Crippen molar-refractivity contribution in [3.8, 4) is 0 Å². The Balaban J connectivity index is -0.000000169. The van der Waals surface area contributed by atoms with E-state index >= 15 is 0 Å². The van der Waals surface area contributed by atoms with E-state index in [1.54, 1.807) is 48.8 Å². The molecule has 0 saturated heterocycles. The number of benzene rings is 4. The van der Waals surface area contributed by atoms with E-state index in [4.69, 9.17) is 20.9 Å². The Bertz CT molecular complexity index is 1440. The smallest absolute Gasteiger partial charge is 0.541 e. The molecule has 4 rings (SSSR count). The van der Waals surface area contributed by atoms with E-state index in [1.165, 1.54) is 0 Å². The Labute approximate surface area is 396 Å². The quantitative estimate of drug-likeness (QED) is 0.0433. The van der Waals surface area contributed by atoms with Crippen LogP contribution in [0.1, 0.15) is 85.8 Å². The van der Waals surface area contributed by atoms with Crippen LogP contribution >= 0.6 is 0 Å². The molecule has 13 heteroatoms. The maximum atomic E-state index is 11.7. The summed E-state index contributed by atoms with van der Waals surface area (Å²) in [6.45, 7) is 18.3. The van der Waals surface area contributed by atoms with Gasteiger partial charge in [0.05, 0.1) is 39.3 Å². The van der Waals surface area contributed by atoms with Crippen LogP contribution in [0.2, 0.25) is 0 Å². The van der Waals surface area contributed by atoms with Gasteiger partial charge in [-0.3, -0.25) is 27.0 Å². The van der Waals surface area contributed by atoms with Gasteiger partial charge in [-0.25, -0.2) is 0 Å². The topological polar surface area (TPSA) is 180 Å². The second-order valence-corrected chi connectivity index (χ2v) is 10.3. The van der Waals surface area contributed by atoms with Crippen LogP contribution in [0.3, 0.4) is 0 Å². The van der Waals surface area contributed by atoms with E-state index in [9.17, 15) is 24.0 Å². The fraction of sp³-hybridized carbons (Fsp3) is 0.396. The van der Waals surface area contributed by atoms with Crippen molar-refractivity contribution in [1.82, 2.24) is 0 Å². The fourth-order valence-electron chi connectivity index (χ4n) is 3.79. The van der Waals surface area contributed by atoms with E-state index < -0.39 is 0 Å². The zero-order chi connectivity index (χ0) is 45.2. The van der Waals surface area contributed by atoms with Gasteiger partial charge in [-0.05, 0) is 24.3 Å². The van der Waals surface area contributed by atoms with Gasteiger partial charge in [-0.15, -0.1) is 12.8 Å². The Hall–Kier alpha value is -3.95. The van der Waals surface area contributed by atoms with E-state index in [1.807, 2.05) is 128 Å². The second-order valence-electron chi connectivity index (χ2n) is 10.3. The van der Waals surface area contributed by atoms with Crippen LogP contribution in [0.25, 0.3) is 0 Å². The number of carbonyl (C=O) groups is 3. The summed E-state index contributed by atoms with van der Waals surface area (Å²) < 4.78 is 10.2. The largest absolute Gasteiger partial charge is 2.00 e. The summed E-state index contributed by atoms with van der Waals surface area (Å²) in [5.41, 5.74) is 13.3. The molecule has 336 valence electrons. The van der Waals surface area contributed by atoms with Gasteiger partial charge in [-0.2, -0.15) is 72.8 Å². The van der Waals surface area contributed by atoms with Crippen LogP contribution in [0, 0.1) is 12.1 Å². The summed E-state index contributed by atoms with van der Waals surface area (Å²) in [6, 6.07) is 39.0. The summed E-state index contributed by atoms with van der Waals surface area (Å²) in [5.74, 6) is -0.702. The normalized spacial score (nSPS) is 8.43. The van der Waals surface area contributed by atoms with E-state index in [0.29, 0.717) is 44.3 Å². The van der Waals surface area contributed by atoms with Crippen molar-refractivity contribution in [2.75, 3.05) is 50.2 Å².